The fourth-order valence-electron chi connectivity index (χ4n) is 2.83. The van der Waals surface area contributed by atoms with Crippen molar-refractivity contribution >= 4 is 44.9 Å². The first-order valence-electron chi connectivity index (χ1n) is 8.77. The first-order chi connectivity index (χ1) is 14.1. The SMILES string of the molecule is COc1ccc(NC(=O)CSc2nc3scc(-c4ccccc4)c3c(=O)[nH]2)cc1. The Morgan fingerprint density at radius 3 is 2.66 bits per heavy atom. The van der Waals surface area contributed by atoms with E-state index in [2.05, 4.69) is 15.3 Å². The third kappa shape index (κ3) is 4.33. The first-order valence-corrected chi connectivity index (χ1v) is 10.6. The fraction of sp³-hybridized carbons (Fsp3) is 0.0952. The number of hydrogen-bond donors (Lipinski definition) is 2. The Morgan fingerprint density at radius 2 is 1.93 bits per heavy atom. The molecule has 6 nitrogen and oxygen atoms in total. The Labute approximate surface area is 175 Å². The first kappa shape index (κ1) is 19.2. The van der Waals surface area contributed by atoms with Crippen LogP contribution in [0.3, 0.4) is 0 Å². The average molecular weight is 424 g/mol. The van der Waals surface area contributed by atoms with Gasteiger partial charge in [0.1, 0.15) is 10.6 Å². The lowest BCUT2D eigenvalue weighted by atomic mass is 10.1. The minimum Gasteiger partial charge on any atom is -0.497 e. The minimum atomic E-state index is -0.201. The number of benzene rings is 2. The number of anilines is 1. The number of rotatable bonds is 6. The highest BCUT2D eigenvalue weighted by atomic mass is 32.2. The smallest absolute Gasteiger partial charge is 0.260 e. The summed E-state index contributed by atoms with van der Waals surface area (Å²) in [5.74, 6) is 0.676. The van der Waals surface area contributed by atoms with Crippen molar-refractivity contribution in [3.8, 4) is 16.9 Å². The third-order valence-electron chi connectivity index (χ3n) is 4.22. The van der Waals surface area contributed by atoms with Crippen LogP contribution in [0.25, 0.3) is 21.3 Å². The molecule has 0 saturated heterocycles. The third-order valence-corrected chi connectivity index (χ3v) is 5.97. The van der Waals surface area contributed by atoms with Crippen molar-refractivity contribution in [1.29, 1.82) is 0 Å². The van der Waals surface area contributed by atoms with E-state index in [-0.39, 0.29) is 17.2 Å². The van der Waals surface area contributed by atoms with Crippen LogP contribution in [0.2, 0.25) is 0 Å². The predicted molar refractivity (Wildman–Crippen MR) is 118 cm³/mol. The second kappa shape index (κ2) is 8.50. The van der Waals surface area contributed by atoms with Gasteiger partial charge in [-0.2, -0.15) is 0 Å². The molecular formula is C21H17N3O3S2. The molecule has 4 aromatic rings. The predicted octanol–water partition coefficient (Wildman–Crippen LogP) is 4.39. The summed E-state index contributed by atoms with van der Waals surface area (Å²) in [5.41, 5.74) is 2.32. The van der Waals surface area contributed by atoms with E-state index in [1.165, 1.54) is 23.1 Å². The van der Waals surface area contributed by atoms with E-state index >= 15 is 0 Å². The van der Waals surface area contributed by atoms with Crippen LogP contribution in [-0.2, 0) is 4.79 Å². The van der Waals surface area contributed by atoms with Gasteiger partial charge in [-0.15, -0.1) is 11.3 Å². The van der Waals surface area contributed by atoms with E-state index in [0.29, 0.717) is 21.1 Å². The van der Waals surface area contributed by atoms with Crippen LogP contribution in [0.15, 0.2) is 69.9 Å². The number of carbonyl (C=O) groups excluding carboxylic acids is 1. The largest absolute Gasteiger partial charge is 0.497 e. The van der Waals surface area contributed by atoms with Crippen molar-refractivity contribution in [2.75, 3.05) is 18.2 Å². The van der Waals surface area contributed by atoms with Crippen molar-refractivity contribution < 1.29 is 9.53 Å². The lowest BCUT2D eigenvalue weighted by Gasteiger charge is -2.06. The summed E-state index contributed by atoms with van der Waals surface area (Å²) in [6, 6.07) is 16.8. The second-order valence-electron chi connectivity index (χ2n) is 6.13. The standard InChI is InChI=1S/C21H17N3O3S2/c1-27-15-9-7-14(8-10-15)22-17(25)12-29-21-23-19(26)18-16(11-28-20(18)24-21)13-5-3-2-4-6-13/h2-11H,12H2,1H3,(H,22,25)(H,23,24,26). The van der Waals surface area contributed by atoms with Crippen LogP contribution >= 0.6 is 23.1 Å². The number of H-pyrrole nitrogens is 1. The van der Waals surface area contributed by atoms with Gasteiger partial charge in [-0.25, -0.2) is 4.98 Å². The molecule has 4 rings (SSSR count). The maximum absolute atomic E-state index is 12.6. The number of hydrogen-bond acceptors (Lipinski definition) is 6. The van der Waals surface area contributed by atoms with Crippen molar-refractivity contribution in [1.82, 2.24) is 9.97 Å². The van der Waals surface area contributed by atoms with Gasteiger partial charge in [0.25, 0.3) is 5.56 Å². The molecule has 0 aliphatic rings. The molecule has 0 radical (unpaired) electrons. The van der Waals surface area contributed by atoms with Crippen LogP contribution in [0.5, 0.6) is 5.75 Å². The molecule has 8 heteroatoms. The quantitative estimate of drug-likeness (QED) is 0.355. The molecule has 2 aromatic heterocycles. The van der Waals surface area contributed by atoms with Crippen LogP contribution < -0.4 is 15.6 Å². The van der Waals surface area contributed by atoms with Crippen LogP contribution in [0.4, 0.5) is 5.69 Å². The maximum Gasteiger partial charge on any atom is 0.260 e. The lowest BCUT2D eigenvalue weighted by molar-refractivity contribution is -0.113. The highest BCUT2D eigenvalue weighted by Crippen LogP contribution is 2.31. The molecule has 1 amide bonds. The zero-order valence-corrected chi connectivity index (χ0v) is 17.1. The van der Waals surface area contributed by atoms with Gasteiger partial charge in [0, 0.05) is 16.6 Å². The number of nitrogens with zero attached hydrogens (tertiary/aromatic N) is 1. The number of carbonyl (C=O) groups is 1. The Balaban J connectivity index is 1.47. The Morgan fingerprint density at radius 1 is 1.17 bits per heavy atom. The summed E-state index contributed by atoms with van der Waals surface area (Å²) in [4.78, 5) is 32.8. The molecule has 2 heterocycles. The molecule has 0 atom stereocenters. The highest BCUT2D eigenvalue weighted by Gasteiger charge is 2.14. The second-order valence-corrected chi connectivity index (χ2v) is 7.95. The molecule has 2 aromatic carbocycles. The number of thiophene rings is 1. The van der Waals surface area contributed by atoms with Crippen molar-refractivity contribution in [3.05, 3.63) is 70.3 Å². The van der Waals surface area contributed by atoms with Gasteiger partial charge in [-0.1, -0.05) is 42.1 Å². The summed E-state index contributed by atoms with van der Waals surface area (Å²) in [7, 11) is 1.59. The summed E-state index contributed by atoms with van der Waals surface area (Å²) in [6.45, 7) is 0. The van der Waals surface area contributed by atoms with E-state index in [9.17, 15) is 9.59 Å². The van der Waals surface area contributed by atoms with Gasteiger partial charge >= 0.3 is 0 Å². The van der Waals surface area contributed by atoms with Gasteiger partial charge in [0.05, 0.1) is 18.2 Å². The highest BCUT2D eigenvalue weighted by molar-refractivity contribution is 7.99. The van der Waals surface area contributed by atoms with Crippen LogP contribution in [0.1, 0.15) is 0 Å². The van der Waals surface area contributed by atoms with Crippen molar-refractivity contribution in [2.24, 2.45) is 0 Å². The molecule has 0 spiro atoms. The van der Waals surface area contributed by atoms with E-state index < -0.39 is 0 Å². The molecule has 0 aliphatic carbocycles. The maximum atomic E-state index is 12.6. The fourth-order valence-corrected chi connectivity index (χ4v) is 4.50. The molecule has 0 bridgehead atoms. The number of methoxy groups -OCH3 is 1. The lowest BCUT2D eigenvalue weighted by Crippen LogP contribution is -2.15. The molecule has 146 valence electrons. The number of thioether (sulfide) groups is 1. The van der Waals surface area contributed by atoms with Gasteiger partial charge < -0.3 is 15.0 Å². The number of nitrogens with one attached hydrogen (secondary N) is 2. The Bertz CT molecular complexity index is 1200. The molecule has 0 fully saturated rings. The van der Waals surface area contributed by atoms with Crippen LogP contribution in [0, 0.1) is 0 Å². The van der Waals surface area contributed by atoms with E-state index in [0.717, 1.165) is 16.9 Å². The number of amides is 1. The topological polar surface area (TPSA) is 84.1 Å². The van der Waals surface area contributed by atoms with Crippen LogP contribution in [-0.4, -0.2) is 28.7 Å². The zero-order valence-electron chi connectivity index (χ0n) is 15.5. The monoisotopic (exact) mass is 423 g/mol. The van der Waals surface area contributed by atoms with Gasteiger partial charge in [0.15, 0.2) is 5.16 Å². The van der Waals surface area contributed by atoms with Gasteiger partial charge in [-0.05, 0) is 29.8 Å². The number of ether oxygens (including phenoxy) is 1. The van der Waals surface area contributed by atoms with E-state index in [1.807, 2.05) is 35.7 Å². The molecule has 0 unspecified atom stereocenters. The van der Waals surface area contributed by atoms with Gasteiger partial charge in [0.2, 0.25) is 5.91 Å². The average Bonchev–Trinajstić information content (AvgIpc) is 3.18. The molecule has 0 saturated carbocycles. The van der Waals surface area contributed by atoms with Crippen molar-refractivity contribution in [2.45, 2.75) is 5.16 Å². The summed E-state index contributed by atoms with van der Waals surface area (Å²) < 4.78 is 5.10. The Kier molecular flexibility index (Phi) is 5.64. The van der Waals surface area contributed by atoms with Crippen molar-refractivity contribution in [3.63, 3.8) is 0 Å². The number of aromatic nitrogens is 2. The van der Waals surface area contributed by atoms with Gasteiger partial charge in [-0.3, -0.25) is 9.59 Å². The Hall–Kier alpha value is -3.10. The summed E-state index contributed by atoms with van der Waals surface area (Å²) >= 11 is 2.61. The number of fused-ring (bicyclic) bond motifs is 1. The summed E-state index contributed by atoms with van der Waals surface area (Å²) in [5, 5.41) is 5.75. The minimum absolute atomic E-state index is 0.136. The number of aromatic amines is 1. The molecule has 0 aliphatic heterocycles. The molecular weight excluding hydrogens is 406 g/mol. The summed E-state index contributed by atoms with van der Waals surface area (Å²) in [6.07, 6.45) is 0. The van der Waals surface area contributed by atoms with E-state index in [4.69, 9.17) is 4.74 Å². The normalized spacial score (nSPS) is 10.8. The van der Waals surface area contributed by atoms with E-state index in [1.54, 1.807) is 31.4 Å². The molecule has 29 heavy (non-hydrogen) atoms. The zero-order chi connectivity index (χ0) is 20.2. The molecule has 2 N–H and O–H groups in total.